The standard InChI is InChI=1S/C13H18O2S2/c1-10(2)12(17-16-3)9-15-13(14)11-7-5-4-6-8-11/h4-8,10,12H,9H2,1-3H3/t12-/m1/s1. The van der Waals surface area contributed by atoms with E-state index in [1.807, 2.05) is 24.5 Å². The molecular weight excluding hydrogens is 252 g/mol. The second kappa shape index (κ2) is 7.67. The second-order valence-electron chi connectivity index (χ2n) is 4.01. The van der Waals surface area contributed by atoms with Crippen LogP contribution in [0.1, 0.15) is 24.2 Å². The minimum Gasteiger partial charge on any atom is -0.461 e. The normalized spacial score (nSPS) is 12.5. The summed E-state index contributed by atoms with van der Waals surface area (Å²) >= 11 is 0. The minimum atomic E-state index is -0.238. The van der Waals surface area contributed by atoms with Gasteiger partial charge in [0.05, 0.1) is 10.8 Å². The molecule has 0 aromatic heterocycles. The van der Waals surface area contributed by atoms with Gasteiger partial charge in [0.15, 0.2) is 0 Å². The number of carbonyl (C=O) groups excluding carboxylic acids is 1. The van der Waals surface area contributed by atoms with Crippen LogP contribution in [0, 0.1) is 5.92 Å². The zero-order valence-corrected chi connectivity index (χ0v) is 12.0. The molecule has 0 N–H and O–H groups in total. The average Bonchev–Trinajstić information content (AvgIpc) is 2.34. The molecule has 1 aromatic rings. The van der Waals surface area contributed by atoms with Crippen molar-refractivity contribution in [2.75, 3.05) is 12.9 Å². The van der Waals surface area contributed by atoms with Crippen LogP contribution in [0.5, 0.6) is 0 Å². The number of hydrogen-bond donors (Lipinski definition) is 0. The molecule has 0 amide bonds. The van der Waals surface area contributed by atoms with Gasteiger partial charge in [-0.3, -0.25) is 0 Å². The quantitative estimate of drug-likeness (QED) is 0.579. The van der Waals surface area contributed by atoms with Gasteiger partial charge in [-0.15, -0.1) is 0 Å². The fraction of sp³-hybridized carbons (Fsp3) is 0.462. The molecule has 0 radical (unpaired) electrons. The summed E-state index contributed by atoms with van der Waals surface area (Å²) in [6, 6.07) is 9.11. The van der Waals surface area contributed by atoms with Crippen LogP contribution in [0.15, 0.2) is 30.3 Å². The molecule has 0 unspecified atom stereocenters. The minimum absolute atomic E-state index is 0.238. The number of carbonyl (C=O) groups is 1. The van der Waals surface area contributed by atoms with Gasteiger partial charge in [-0.1, -0.05) is 53.6 Å². The van der Waals surface area contributed by atoms with E-state index in [2.05, 4.69) is 13.8 Å². The highest BCUT2D eigenvalue weighted by molar-refractivity contribution is 8.76. The van der Waals surface area contributed by atoms with Crippen LogP contribution in [0.25, 0.3) is 0 Å². The van der Waals surface area contributed by atoms with Crippen molar-refractivity contribution in [1.29, 1.82) is 0 Å². The summed E-state index contributed by atoms with van der Waals surface area (Å²) in [4.78, 5) is 11.7. The van der Waals surface area contributed by atoms with Gasteiger partial charge in [0, 0.05) is 0 Å². The summed E-state index contributed by atoms with van der Waals surface area (Å²) in [7, 11) is 3.47. The van der Waals surface area contributed by atoms with Crippen LogP contribution in [0.4, 0.5) is 0 Å². The van der Waals surface area contributed by atoms with E-state index >= 15 is 0 Å². The zero-order valence-electron chi connectivity index (χ0n) is 10.4. The fourth-order valence-electron chi connectivity index (χ4n) is 1.27. The van der Waals surface area contributed by atoms with Crippen LogP contribution in [0.3, 0.4) is 0 Å². The Bertz CT molecular complexity index is 339. The van der Waals surface area contributed by atoms with E-state index in [1.54, 1.807) is 33.7 Å². The first-order valence-electron chi connectivity index (χ1n) is 5.56. The molecule has 1 aromatic carbocycles. The summed E-state index contributed by atoms with van der Waals surface area (Å²) in [5.41, 5.74) is 0.615. The number of benzene rings is 1. The van der Waals surface area contributed by atoms with Crippen LogP contribution < -0.4 is 0 Å². The molecule has 4 heteroatoms. The Kier molecular flexibility index (Phi) is 6.52. The molecular formula is C13H18O2S2. The van der Waals surface area contributed by atoms with Gasteiger partial charge in [0.2, 0.25) is 0 Å². The molecule has 0 fully saturated rings. The zero-order chi connectivity index (χ0) is 12.7. The molecule has 0 aliphatic rings. The van der Waals surface area contributed by atoms with Gasteiger partial charge in [0.25, 0.3) is 0 Å². The van der Waals surface area contributed by atoms with Crippen molar-refractivity contribution in [3.05, 3.63) is 35.9 Å². The lowest BCUT2D eigenvalue weighted by atomic mass is 10.1. The first kappa shape index (κ1) is 14.5. The number of ether oxygens (including phenoxy) is 1. The largest absolute Gasteiger partial charge is 0.461 e. The maximum absolute atomic E-state index is 11.7. The van der Waals surface area contributed by atoms with E-state index in [9.17, 15) is 4.79 Å². The summed E-state index contributed by atoms with van der Waals surface area (Å²) in [6.45, 7) is 4.76. The third kappa shape index (κ3) is 5.04. The molecule has 0 heterocycles. The summed E-state index contributed by atoms with van der Waals surface area (Å²) in [5, 5.41) is 0.345. The Morgan fingerprint density at radius 1 is 1.29 bits per heavy atom. The first-order chi connectivity index (χ1) is 8.15. The van der Waals surface area contributed by atoms with Crippen molar-refractivity contribution in [3.8, 4) is 0 Å². The van der Waals surface area contributed by atoms with Gasteiger partial charge in [0.1, 0.15) is 6.61 Å². The Balaban J connectivity index is 2.47. The maximum Gasteiger partial charge on any atom is 0.338 e. The Morgan fingerprint density at radius 2 is 1.94 bits per heavy atom. The van der Waals surface area contributed by atoms with E-state index in [-0.39, 0.29) is 5.97 Å². The van der Waals surface area contributed by atoms with Crippen molar-refractivity contribution >= 4 is 27.6 Å². The molecule has 0 spiro atoms. The topological polar surface area (TPSA) is 26.3 Å². The smallest absolute Gasteiger partial charge is 0.338 e. The SMILES string of the molecule is CSS[C@H](COC(=O)c1ccccc1)C(C)C. The Labute approximate surface area is 111 Å². The molecule has 0 aliphatic heterocycles. The highest BCUT2D eigenvalue weighted by Gasteiger charge is 2.16. The number of esters is 1. The van der Waals surface area contributed by atoms with E-state index < -0.39 is 0 Å². The van der Waals surface area contributed by atoms with Crippen LogP contribution in [-0.4, -0.2) is 24.1 Å². The molecule has 0 saturated carbocycles. The van der Waals surface area contributed by atoms with Gasteiger partial charge < -0.3 is 4.74 Å². The third-order valence-corrected chi connectivity index (χ3v) is 4.79. The lowest BCUT2D eigenvalue weighted by molar-refractivity contribution is 0.0495. The predicted octanol–water partition coefficient (Wildman–Crippen LogP) is 3.88. The van der Waals surface area contributed by atoms with Crippen molar-refractivity contribution in [2.45, 2.75) is 19.1 Å². The van der Waals surface area contributed by atoms with E-state index in [4.69, 9.17) is 4.74 Å². The van der Waals surface area contributed by atoms with Crippen molar-refractivity contribution in [3.63, 3.8) is 0 Å². The molecule has 0 saturated heterocycles. The maximum atomic E-state index is 11.7. The van der Waals surface area contributed by atoms with Gasteiger partial charge in [-0.05, 0) is 24.3 Å². The fourth-order valence-corrected chi connectivity index (χ4v) is 3.44. The average molecular weight is 270 g/mol. The Morgan fingerprint density at radius 3 is 2.47 bits per heavy atom. The number of hydrogen-bond acceptors (Lipinski definition) is 4. The van der Waals surface area contributed by atoms with Crippen LogP contribution in [-0.2, 0) is 4.74 Å². The molecule has 1 atom stereocenters. The Hall–Kier alpha value is -0.610. The predicted molar refractivity (Wildman–Crippen MR) is 76.5 cm³/mol. The lowest BCUT2D eigenvalue weighted by Gasteiger charge is -2.18. The number of rotatable bonds is 6. The molecule has 1 rings (SSSR count). The van der Waals surface area contributed by atoms with Crippen LogP contribution in [0.2, 0.25) is 0 Å². The van der Waals surface area contributed by atoms with E-state index in [1.165, 1.54) is 0 Å². The summed E-state index contributed by atoms with van der Waals surface area (Å²) in [5.74, 6) is 0.258. The van der Waals surface area contributed by atoms with Crippen LogP contribution >= 0.6 is 21.6 Å². The highest BCUT2D eigenvalue weighted by atomic mass is 33.1. The van der Waals surface area contributed by atoms with Gasteiger partial charge in [-0.25, -0.2) is 4.79 Å². The molecule has 17 heavy (non-hydrogen) atoms. The van der Waals surface area contributed by atoms with Crippen molar-refractivity contribution in [2.24, 2.45) is 5.92 Å². The highest BCUT2D eigenvalue weighted by Crippen LogP contribution is 2.29. The van der Waals surface area contributed by atoms with Crippen molar-refractivity contribution in [1.82, 2.24) is 0 Å². The van der Waals surface area contributed by atoms with E-state index in [0.717, 1.165) is 0 Å². The molecule has 94 valence electrons. The molecule has 0 bridgehead atoms. The van der Waals surface area contributed by atoms with Gasteiger partial charge in [-0.2, -0.15) is 0 Å². The first-order valence-corrected chi connectivity index (χ1v) is 8.19. The van der Waals surface area contributed by atoms with Crippen molar-refractivity contribution < 1.29 is 9.53 Å². The molecule has 0 aliphatic carbocycles. The lowest BCUT2D eigenvalue weighted by Crippen LogP contribution is -2.20. The molecule has 2 nitrogen and oxygen atoms in total. The monoisotopic (exact) mass is 270 g/mol. The van der Waals surface area contributed by atoms with Gasteiger partial charge >= 0.3 is 5.97 Å². The third-order valence-electron chi connectivity index (χ3n) is 2.35. The summed E-state index contributed by atoms with van der Waals surface area (Å²) in [6.07, 6.45) is 2.04. The summed E-state index contributed by atoms with van der Waals surface area (Å²) < 4.78 is 5.33. The second-order valence-corrected chi connectivity index (χ2v) is 6.72. The van der Waals surface area contributed by atoms with E-state index in [0.29, 0.717) is 23.3 Å².